The number of sulfonamides is 1. The molecule has 150 valence electrons. The fourth-order valence-electron chi connectivity index (χ4n) is 2.44. The van der Waals surface area contributed by atoms with Crippen LogP contribution in [-0.4, -0.2) is 24.3 Å². The molecule has 1 aromatic heterocycles. The maximum Gasteiger partial charge on any atom is 0.325 e. The SMILES string of the molecule is NN(C(=O)c1ccccc1NS(=O)(=O)c1c[nH]c(=O)[nH]c1=O)c1ccccc1F. The molecule has 0 aliphatic carbocycles. The molecule has 5 N–H and O–H groups in total. The summed E-state index contributed by atoms with van der Waals surface area (Å²) in [6.07, 6.45) is 0.725. The van der Waals surface area contributed by atoms with Crippen LogP contribution in [0.4, 0.5) is 15.8 Å². The number of benzene rings is 2. The average Bonchev–Trinajstić information content (AvgIpc) is 2.67. The van der Waals surface area contributed by atoms with Gasteiger partial charge in [-0.3, -0.25) is 19.3 Å². The Morgan fingerprint density at radius 1 is 1.07 bits per heavy atom. The molecule has 0 aliphatic rings. The third kappa shape index (κ3) is 4.07. The zero-order chi connectivity index (χ0) is 21.2. The van der Waals surface area contributed by atoms with Crippen molar-refractivity contribution < 1.29 is 17.6 Å². The number of hydrogen-bond donors (Lipinski definition) is 4. The second-order valence-electron chi connectivity index (χ2n) is 5.71. The molecule has 1 heterocycles. The second kappa shape index (κ2) is 7.69. The fraction of sp³-hybridized carbons (Fsp3) is 0. The lowest BCUT2D eigenvalue weighted by atomic mass is 10.1. The Bertz CT molecular complexity index is 1300. The monoisotopic (exact) mass is 419 g/mol. The van der Waals surface area contributed by atoms with Crippen LogP contribution in [0.5, 0.6) is 0 Å². The van der Waals surface area contributed by atoms with Gasteiger partial charge in [-0.25, -0.2) is 28.5 Å². The Morgan fingerprint density at radius 3 is 2.41 bits per heavy atom. The van der Waals surface area contributed by atoms with Crippen LogP contribution in [0.15, 0.2) is 69.2 Å². The molecule has 3 aromatic rings. The van der Waals surface area contributed by atoms with Crippen LogP contribution in [-0.2, 0) is 10.0 Å². The van der Waals surface area contributed by atoms with Crippen LogP contribution in [0.3, 0.4) is 0 Å². The highest BCUT2D eigenvalue weighted by Gasteiger charge is 2.24. The topological polar surface area (TPSA) is 158 Å². The number of nitrogens with zero attached hydrogens (tertiary/aromatic N) is 1. The van der Waals surface area contributed by atoms with Crippen LogP contribution >= 0.6 is 0 Å². The number of halogens is 1. The van der Waals surface area contributed by atoms with E-state index < -0.39 is 37.9 Å². The molecule has 0 bridgehead atoms. The van der Waals surface area contributed by atoms with Crippen molar-refractivity contribution >= 4 is 27.3 Å². The first-order valence-corrected chi connectivity index (χ1v) is 9.46. The molecule has 29 heavy (non-hydrogen) atoms. The van der Waals surface area contributed by atoms with Crippen molar-refractivity contribution in [2.75, 3.05) is 9.73 Å². The molecule has 10 nitrogen and oxygen atoms in total. The predicted octanol–water partition coefficient (Wildman–Crippen LogP) is 0.524. The number of carbonyl (C=O) groups is 1. The van der Waals surface area contributed by atoms with Crippen molar-refractivity contribution in [3.8, 4) is 0 Å². The summed E-state index contributed by atoms with van der Waals surface area (Å²) in [5.41, 5.74) is -2.63. The molecule has 0 unspecified atom stereocenters. The first kappa shape index (κ1) is 20.0. The number of aromatic nitrogens is 2. The van der Waals surface area contributed by atoms with E-state index in [-0.39, 0.29) is 16.9 Å². The van der Waals surface area contributed by atoms with Gasteiger partial charge in [0.15, 0.2) is 4.90 Å². The molecule has 2 aromatic carbocycles. The zero-order valence-electron chi connectivity index (χ0n) is 14.5. The summed E-state index contributed by atoms with van der Waals surface area (Å²) in [5.74, 6) is 4.08. The smallest absolute Gasteiger partial charge is 0.313 e. The average molecular weight is 419 g/mol. The lowest BCUT2D eigenvalue weighted by molar-refractivity contribution is 0.0987. The van der Waals surface area contributed by atoms with E-state index in [4.69, 9.17) is 5.84 Å². The number of anilines is 2. The summed E-state index contributed by atoms with van der Waals surface area (Å²) in [6.45, 7) is 0. The van der Waals surface area contributed by atoms with Gasteiger partial charge in [0.1, 0.15) is 5.82 Å². The van der Waals surface area contributed by atoms with Gasteiger partial charge in [-0.2, -0.15) is 0 Å². The lowest BCUT2D eigenvalue weighted by Gasteiger charge is -2.19. The zero-order valence-corrected chi connectivity index (χ0v) is 15.4. The largest absolute Gasteiger partial charge is 0.325 e. The second-order valence-corrected chi connectivity index (χ2v) is 7.36. The number of carbonyl (C=O) groups excluding carboxylic acids is 1. The van der Waals surface area contributed by atoms with Crippen molar-refractivity contribution in [1.82, 2.24) is 9.97 Å². The van der Waals surface area contributed by atoms with E-state index in [2.05, 4.69) is 4.72 Å². The first-order chi connectivity index (χ1) is 13.7. The maximum absolute atomic E-state index is 13.9. The number of aromatic amines is 2. The van der Waals surface area contributed by atoms with E-state index in [0.29, 0.717) is 5.01 Å². The molecule has 12 heteroatoms. The molecular formula is C17H14FN5O5S. The minimum absolute atomic E-state index is 0.192. The number of para-hydroxylation sites is 2. The molecule has 0 fully saturated rings. The van der Waals surface area contributed by atoms with Crippen molar-refractivity contribution in [2.24, 2.45) is 5.84 Å². The molecule has 0 aliphatic heterocycles. The molecule has 0 spiro atoms. The number of H-pyrrole nitrogens is 2. The Morgan fingerprint density at radius 2 is 1.72 bits per heavy atom. The third-order valence-corrected chi connectivity index (χ3v) is 5.18. The van der Waals surface area contributed by atoms with Crippen molar-refractivity contribution in [3.05, 3.63) is 86.9 Å². The summed E-state index contributed by atoms with van der Waals surface area (Å²) in [4.78, 5) is 38.7. The van der Waals surface area contributed by atoms with E-state index in [9.17, 15) is 27.2 Å². The molecule has 0 radical (unpaired) electrons. The molecule has 1 amide bonds. The Balaban J connectivity index is 1.99. The van der Waals surface area contributed by atoms with E-state index in [0.717, 1.165) is 12.3 Å². The van der Waals surface area contributed by atoms with Gasteiger partial charge in [-0.15, -0.1) is 0 Å². The van der Waals surface area contributed by atoms with Crippen LogP contribution < -0.4 is 26.8 Å². The molecule has 3 rings (SSSR count). The predicted molar refractivity (Wildman–Crippen MR) is 102 cm³/mol. The number of nitrogens with two attached hydrogens (primary N) is 1. The summed E-state index contributed by atoms with van der Waals surface area (Å²) in [5, 5.41) is 0.537. The quantitative estimate of drug-likeness (QED) is 0.268. The summed E-state index contributed by atoms with van der Waals surface area (Å²) in [7, 11) is -4.46. The van der Waals surface area contributed by atoms with E-state index in [1.54, 1.807) is 4.98 Å². The number of amides is 1. The first-order valence-electron chi connectivity index (χ1n) is 7.98. The summed E-state index contributed by atoms with van der Waals surface area (Å²) < 4.78 is 41.1. The number of hydrogen-bond acceptors (Lipinski definition) is 6. The van der Waals surface area contributed by atoms with E-state index in [1.807, 2.05) is 4.98 Å². The Kier molecular flexibility index (Phi) is 5.30. The van der Waals surface area contributed by atoms with Gasteiger partial charge < -0.3 is 4.98 Å². The van der Waals surface area contributed by atoms with Gasteiger partial charge >= 0.3 is 5.69 Å². The highest BCUT2D eigenvalue weighted by molar-refractivity contribution is 7.92. The van der Waals surface area contributed by atoms with Crippen molar-refractivity contribution in [1.29, 1.82) is 0 Å². The van der Waals surface area contributed by atoms with E-state index in [1.165, 1.54) is 42.5 Å². The van der Waals surface area contributed by atoms with Gasteiger partial charge in [0.25, 0.3) is 21.5 Å². The van der Waals surface area contributed by atoms with Gasteiger partial charge in [0.05, 0.1) is 16.9 Å². The van der Waals surface area contributed by atoms with Crippen molar-refractivity contribution in [2.45, 2.75) is 4.90 Å². The highest BCUT2D eigenvalue weighted by atomic mass is 32.2. The van der Waals surface area contributed by atoms with Gasteiger partial charge in [0.2, 0.25) is 0 Å². The minimum atomic E-state index is -4.46. The van der Waals surface area contributed by atoms with Crippen molar-refractivity contribution in [3.63, 3.8) is 0 Å². The Labute approximate surface area is 162 Å². The van der Waals surface area contributed by atoms with Crippen LogP contribution in [0.1, 0.15) is 10.4 Å². The van der Waals surface area contributed by atoms with Gasteiger partial charge in [-0.05, 0) is 24.3 Å². The molecule has 0 saturated heterocycles. The normalized spacial score (nSPS) is 11.1. The standard InChI is InChI=1S/C17H14FN5O5S/c18-11-6-2-4-8-13(11)23(19)16(25)10-5-1-3-7-12(10)22-29(27,28)14-9-20-17(26)21-15(14)24/h1-9,22H,19H2,(H2,20,21,24,26). The Hall–Kier alpha value is -3.77. The third-order valence-electron chi connectivity index (χ3n) is 3.81. The maximum atomic E-state index is 13.9. The lowest BCUT2D eigenvalue weighted by Crippen LogP contribution is -2.38. The number of rotatable bonds is 5. The fourth-order valence-corrected chi connectivity index (χ4v) is 3.53. The van der Waals surface area contributed by atoms with Gasteiger partial charge in [0, 0.05) is 6.20 Å². The van der Waals surface area contributed by atoms with Crippen LogP contribution in [0.2, 0.25) is 0 Å². The summed E-state index contributed by atoms with van der Waals surface area (Å²) in [6, 6.07) is 10.7. The number of nitrogens with one attached hydrogen (secondary N) is 3. The minimum Gasteiger partial charge on any atom is -0.313 e. The van der Waals surface area contributed by atoms with Crippen LogP contribution in [0, 0.1) is 5.82 Å². The summed E-state index contributed by atoms with van der Waals surface area (Å²) >= 11 is 0. The van der Waals surface area contributed by atoms with Gasteiger partial charge in [-0.1, -0.05) is 24.3 Å². The van der Waals surface area contributed by atoms with Crippen LogP contribution in [0.25, 0.3) is 0 Å². The molecule has 0 atom stereocenters. The molecular weight excluding hydrogens is 405 g/mol. The highest BCUT2D eigenvalue weighted by Crippen LogP contribution is 2.23. The molecule has 0 saturated carbocycles. The van der Waals surface area contributed by atoms with E-state index >= 15 is 0 Å². The number of hydrazine groups is 1.